The van der Waals surface area contributed by atoms with E-state index in [9.17, 15) is 19.2 Å². The summed E-state index contributed by atoms with van der Waals surface area (Å²) in [5, 5.41) is 12.8. The summed E-state index contributed by atoms with van der Waals surface area (Å²) in [5.41, 5.74) is 2.67. The molecule has 1 saturated heterocycles. The number of likely N-dealkylation sites (N-methyl/N-ethyl adjacent to an activating group) is 1. The SMILES string of the molecule is CCC(C)[C@@H]1NC(=O)[C@@H]2[C@H](CCN2C(=O)[C@H](Cc2c[nH]c3ccccc23)NC(=O)[C@H](CC(C)C)NC)Oc2ccc(cc2)/C=C\NC1=O. The molecule has 3 aliphatic heterocycles. The third kappa shape index (κ3) is 7.90. The smallest absolute Gasteiger partial charge is 0.247 e. The van der Waals surface area contributed by atoms with E-state index in [0.29, 0.717) is 25.0 Å². The summed E-state index contributed by atoms with van der Waals surface area (Å²) in [4.78, 5) is 60.7. The monoisotopic (exact) mass is 656 g/mol. The standard InChI is InChI=1S/C37H48N6O5/c1-6-23(4)32-35(45)39-17-15-24-11-13-26(14-12-24)48-31-16-18-43(33(31)36(46)42-32)37(47)30(41-34(44)29(38-5)19-22(2)3)20-25-21-40-28-10-8-7-9-27(25)28/h7-15,17,21-23,29-33,38,40H,6,16,18-20H2,1-5H3,(H,39,45)(H,41,44)(H,42,46)/b17-15-/t23?,29-,30-,31-,32-,33-/m0/s1. The fraction of sp³-hybridized carbons (Fsp3) is 0.459. The van der Waals surface area contributed by atoms with Crippen LogP contribution >= 0.6 is 0 Å². The number of carbonyl (C=O) groups excluding carboxylic acids is 4. The Bertz CT molecular complexity index is 1630. The van der Waals surface area contributed by atoms with E-state index in [4.69, 9.17) is 4.74 Å². The first kappa shape index (κ1) is 34.7. The highest BCUT2D eigenvalue weighted by molar-refractivity contribution is 5.96. The number of nitrogens with one attached hydrogen (secondary N) is 5. The summed E-state index contributed by atoms with van der Waals surface area (Å²) in [5.74, 6) is -0.847. The molecular formula is C37H48N6O5. The fourth-order valence-electron chi connectivity index (χ4n) is 6.55. The zero-order valence-corrected chi connectivity index (χ0v) is 28.4. The van der Waals surface area contributed by atoms with Crippen LogP contribution in [0.4, 0.5) is 0 Å². The highest BCUT2D eigenvalue weighted by Crippen LogP contribution is 2.28. The van der Waals surface area contributed by atoms with Crippen LogP contribution in [0.5, 0.6) is 5.75 Å². The van der Waals surface area contributed by atoms with Crippen molar-refractivity contribution < 1.29 is 23.9 Å². The Morgan fingerprint density at radius 2 is 1.77 bits per heavy atom. The van der Waals surface area contributed by atoms with Gasteiger partial charge in [-0.05, 0) is 60.7 Å². The third-order valence-corrected chi connectivity index (χ3v) is 9.44. The Hall–Kier alpha value is -4.64. The van der Waals surface area contributed by atoms with Gasteiger partial charge in [-0.2, -0.15) is 0 Å². The lowest BCUT2D eigenvalue weighted by molar-refractivity contribution is -0.144. The van der Waals surface area contributed by atoms with Gasteiger partial charge < -0.3 is 35.9 Å². The number of amides is 4. The van der Waals surface area contributed by atoms with E-state index in [1.54, 1.807) is 31.5 Å². The summed E-state index contributed by atoms with van der Waals surface area (Å²) in [6, 6.07) is 11.8. The van der Waals surface area contributed by atoms with Crippen LogP contribution < -0.4 is 26.0 Å². The zero-order chi connectivity index (χ0) is 34.4. The van der Waals surface area contributed by atoms with Crippen LogP contribution in [-0.2, 0) is 25.6 Å². The van der Waals surface area contributed by atoms with Crippen LogP contribution in [0.15, 0.2) is 60.9 Å². The Kier molecular flexibility index (Phi) is 11.2. The van der Waals surface area contributed by atoms with E-state index >= 15 is 0 Å². The van der Waals surface area contributed by atoms with Crippen LogP contribution in [0.2, 0.25) is 0 Å². The number of carbonyl (C=O) groups is 4. The van der Waals surface area contributed by atoms with Crippen LogP contribution in [0.25, 0.3) is 17.0 Å². The van der Waals surface area contributed by atoms with Crippen molar-refractivity contribution in [1.29, 1.82) is 0 Å². The number of para-hydroxylation sites is 1. The second kappa shape index (κ2) is 15.5. The molecule has 3 aromatic rings. The molecule has 11 heteroatoms. The van der Waals surface area contributed by atoms with Gasteiger partial charge in [0.15, 0.2) is 0 Å². The van der Waals surface area contributed by atoms with E-state index in [2.05, 4.69) is 26.3 Å². The molecule has 5 N–H and O–H groups in total. The average molecular weight is 657 g/mol. The molecule has 0 spiro atoms. The minimum Gasteiger partial charge on any atom is -0.488 e. The van der Waals surface area contributed by atoms with Gasteiger partial charge in [0, 0.05) is 42.7 Å². The predicted octanol–water partition coefficient (Wildman–Crippen LogP) is 3.51. The highest BCUT2D eigenvalue weighted by Gasteiger charge is 2.46. The van der Waals surface area contributed by atoms with E-state index in [1.165, 1.54) is 4.90 Å². The molecule has 2 aromatic carbocycles. The lowest BCUT2D eigenvalue weighted by Gasteiger charge is -2.33. The number of rotatable bonds is 10. The molecule has 4 amide bonds. The average Bonchev–Trinajstić information content (AvgIpc) is 3.69. The maximum absolute atomic E-state index is 14.7. The van der Waals surface area contributed by atoms with E-state index in [0.717, 1.165) is 22.0 Å². The van der Waals surface area contributed by atoms with Gasteiger partial charge in [-0.15, -0.1) is 0 Å². The maximum Gasteiger partial charge on any atom is 0.247 e. The number of H-pyrrole nitrogens is 1. The highest BCUT2D eigenvalue weighted by atomic mass is 16.5. The molecule has 2 bridgehead atoms. The molecule has 48 heavy (non-hydrogen) atoms. The number of hydrogen-bond donors (Lipinski definition) is 5. The van der Waals surface area contributed by atoms with Crippen molar-refractivity contribution >= 4 is 40.6 Å². The van der Waals surface area contributed by atoms with Crippen molar-refractivity contribution in [2.45, 2.75) is 83.6 Å². The lowest BCUT2D eigenvalue weighted by atomic mass is 9.97. The Morgan fingerprint density at radius 3 is 2.48 bits per heavy atom. The van der Waals surface area contributed by atoms with Gasteiger partial charge in [0.05, 0.1) is 6.04 Å². The summed E-state index contributed by atoms with van der Waals surface area (Å²) >= 11 is 0. The number of ether oxygens (including phenoxy) is 1. The van der Waals surface area contributed by atoms with Crippen molar-refractivity contribution in [2.75, 3.05) is 13.6 Å². The second-order valence-corrected chi connectivity index (χ2v) is 13.3. The number of benzene rings is 2. The summed E-state index contributed by atoms with van der Waals surface area (Å²) in [6.07, 6.45) is 6.39. The minimum absolute atomic E-state index is 0.174. The first-order valence-electron chi connectivity index (χ1n) is 17.0. The van der Waals surface area contributed by atoms with Crippen LogP contribution in [0, 0.1) is 11.8 Å². The van der Waals surface area contributed by atoms with E-state index < -0.39 is 36.2 Å². The first-order chi connectivity index (χ1) is 23.1. The number of fused-ring (bicyclic) bond motifs is 8. The number of nitrogens with zero attached hydrogens (tertiary/aromatic N) is 1. The topological polar surface area (TPSA) is 145 Å². The van der Waals surface area contributed by atoms with E-state index in [1.807, 2.05) is 70.3 Å². The Balaban J connectivity index is 1.50. The summed E-state index contributed by atoms with van der Waals surface area (Å²) in [7, 11) is 1.73. The van der Waals surface area contributed by atoms with Crippen LogP contribution in [0.1, 0.15) is 58.1 Å². The minimum atomic E-state index is -1.03. The van der Waals surface area contributed by atoms with E-state index in [-0.39, 0.29) is 42.5 Å². The number of hydrogen-bond acceptors (Lipinski definition) is 6. The maximum atomic E-state index is 14.7. The van der Waals surface area contributed by atoms with Crippen molar-refractivity contribution in [2.24, 2.45) is 11.8 Å². The quantitative estimate of drug-likeness (QED) is 0.226. The lowest BCUT2D eigenvalue weighted by Crippen LogP contribution is -2.60. The molecule has 4 heterocycles. The van der Waals surface area contributed by atoms with Gasteiger partial charge in [-0.3, -0.25) is 19.2 Å². The van der Waals surface area contributed by atoms with Gasteiger partial charge in [0.2, 0.25) is 23.6 Å². The molecule has 6 rings (SSSR count). The molecule has 256 valence electrons. The molecule has 1 unspecified atom stereocenters. The molecule has 11 nitrogen and oxygen atoms in total. The number of aromatic amines is 1. The summed E-state index contributed by atoms with van der Waals surface area (Å²) < 4.78 is 6.38. The van der Waals surface area contributed by atoms with Gasteiger partial charge in [0.1, 0.15) is 30.0 Å². The fourth-order valence-corrected chi connectivity index (χ4v) is 6.55. The normalized spacial score (nSPS) is 22.2. The van der Waals surface area contributed by atoms with Gasteiger partial charge in [-0.25, -0.2) is 0 Å². The van der Waals surface area contributed by atoms with Crippen molar-refractivity contribution in [1.82, 2.24) is 31.2 Å². The molecule has 3 aliphatic rings. The van der Waals surface area contributed by atoms with Gasteiger partial charge in [-0.1, -0.05) is 64.4 Å². The number of likely N-dealkylation sites (tertiary alicyclic amines) is 1. The second-order valence-electron chi connectivity index (χ2n) is 13.3. The molecule has 0 aliphatic carbocycles. The summed E-state index contributed by atoms with van der Waals surface area (Å²) in [6.45, 7) is 8.18. The molecule has 1 aromatic heterocycles. The van der Waals surface area contributed by atoms with Crippen LogP contribution in [-0.4, -0.2) is 77.4 Å². The van der Waals surface area contributed by atoms with Crippen LogP contribution in [0.3, 0.4) is 0 Å². The van der Waals surface area contributed by atoms with Gasteiger partial charge in [0.25, 0.3) is 0 Å². The molecule has 6 atom stereocenters. The van der Waals surface area contributed by atoms with Crippen molar-refractivity contribution in [3.63, 3.8) is 0 Å². The predicted molar refractivity (Wildman–Crippen MR) is 186 cm³/mol. The zero-order valence-electron chi connectivity index (χ0n) is 28.4. The molecule has 1 fully saturated rings. The third-order valence-electron chi connectivity index (χ3n) is 9.44. The van der Waals surface area contributed by atoms with Gasteiger partial charge >= 0.3 is 0 Å². The van der Waals surface area contributed by atoms with Crippen molar-refractivity contribution in [3.8, 4) is 5.75 Å². The molecule has 0 radical (unpaired) electrons. The Labute approximate surface area is 282 Å². The Morgan fingerprint density at radius 1 is 1.02 bits per heavy atom. The first-order valence-corrected chi connectivity index (χ1v) is 17.0. The molecular weight excluding hydrogens is 608 g/mol. The number of aromatic nitrogens is 1. The largest absolute Gasteiger partial charge is 0.488 e. The van der Waals surface area contributed by atoms with Crippen molar-refractivity contribution in [3.05, 3.63) is 72.1 Å². The molecule has 0 saturated carbocycles.